The van der Waals surface area contributed by atoms with Crippen molar-refractivity contribution in [3.63, 3.8) is 0 Å². The molecule has 0 spiro atoms. The zero-order valence-corrected chi connectivity index (χ0v) is 15.6. The average Bonchev–Trinajstić information content (AvgIpc) is 2.68. The largest absolute Gasteiger partial charge is 0.493 e. The van der Waals surface area contributed by atoms with Crippen molar-refractivity contribution in [3.8, 4) is 11.5 Å². The van der Waals surface area contributed by atoms with E-state index in [1.807, 2.05) is 24.3 Å². The number of benzene rings is 2. The summed E-state index contributed by atoms with van der Waals surface area (Å²) >= 11 is 0. The van der Waals surface area contributed by atoms with Gasteiger partial charge >= 0.3 is 0 Å². The van der Waals surface area contributed by atoms with E-state index in [0.29, 0.717) is 35.6 Å². The molecule has 2 aromatic carbocycles. The molecular formula is C21H22N2O4. The molecule has 0 aliphatic rings. The first kappa shape index (κ1) is 18.5. The number of aryl methyl sites for hydroxylation is 1. The van der Waals surface area contributed by atoms with Crippen LogP contribution in [0.15, 0.2) is 47.3 Å². The van der Waals surface area contributed by atoms with Gasteiger partial charge < -0.3 is 19.8 Å². The number of aromatic amines is 1. The van der Waals surface area contributed by atoms with Crippen LogP contribution in [-0.2, 0) is 6.42 Å². The molecule has 0 unspecified atom stereocenters. The quantitative estimate of drug-likeness (QED) is 0.703. The van der Waals surface area contributed by atoms with Crippen molar-refractivity contribution < 1.29 is 14.3 Å². The van der Waals surface area contributed by atoms with E-state index in [-0.39, 0.29) is 11.5 Å². The van der Waals surface area contributed by atoms with Crippen molar-refractivity contribution in [1.29, 1.82) is 0 Å². The first-order valence-electron chi connectivity index (χ1n) is 8.64. The lowest BCUT2D eigenvalue weighted by molar-refractivity contribution is 0.0953. The third kappa shape index (κ3) is 4.11. The molecule has 1 aromatic heterocycles. The van der Waals surface area contributed by atoms with Gasteiger partial charge in [0, 0.05) is 23.2 Å². The van der Waals surface area contributed by atoms with E-state index >= 15 is 0 Å². The molecule has 0 fully saturated rings. The van der Waals surface area contributed by atoms with E-state index in [0.717, 1.165) is 16.5 Å². The molecule has 0 saturated carbocycles. The number of pyridine rings is 1. The van der Waals surface area contributed by atoms with Crippen LogP contribution in [0.1, 0.15) is 21.5 Å². The lowest BCUT2D eigenvalue weighted by atomic mass is 10.1. The fourth-order valence-corrected chi connectivity index (χ4v) is 2.92. The van der Waals surface area contributed by atoms with Crippen molar-refractivity contribution in [2.45, 2.75) is 13.3 Å². The summed E-state index contributed by atoms with van der Waals surface area (Å²) in [5.74, 6) is 0.930. The summed E-state index contributed by atoms with van der Waals surface area (Å²) in [6.45, 7) is 2.29. The first-order valence-corrected chi connectivity index (χ1v) is 8.64. The number of fused-ring (bicyclic) bond motifs is 1. The maximum absolute atomic E-state index is 12.3. The van der Waals surface area contributed by atoms with Crippen LogP contribution in [0.4, 0.5) is 0 Å². The Morgan fingerprint density at radius 3 is 2.56 bits per heavy atom. The van der Waals surface area contributed by atoms with Crippen LogP contribution in [0.5, 0.6) is 11.5 Å². The minimum Gasteiger partial charge on any atom is -0.493 e. The Kier molecular flexibility index (Phi) is 5.45. The summed E-state index contributed by atoms with van der Waals surface area (Å²) in [7, 11) is 3.09. The lowest BCUT2D eigenvalue weighted by Gasteiger charge is -2.10. The van der Waals surface area contributed by atoms with Crippen molar-refractivity contribution in [2.75, 3.05) is 20.8 Å². The minimum atomic E-state index is -0.170. The smallest absolute Gasteiger partial charge is 0.251 e. The van der Waals surface area contributed by atoms with E-state index in [1.165, 1.54) is 7.11 Å². The number of hydrogen-bond acceptors (Lipinski definition) is 4. The molecule has 140 valence electrons. The second-order valence-corrected chi connectivity index (χ2v) is 6.28. The topological polar surface area (TPSA) is 80.4 Å². The zero-order chi connectivity index (χ0) is 19.4. The number of aromatic nitrogens is 1. The van der Waals surface area contributed by atoms with Gasteiger partial charge in [-0.05, 0) is 60.7 Å². The third-order valence-corrected chi connectivity index (χ3v) is 4.44. The fraction of sp³-hybridized carbons (Fsp3) is 0.238. The van der Waals surface area contributed by atoms with E-state index in [4.69, 9.17) is 9.47 Å². The highest BCUT2D eigenvalue weighted by Crippen LogP contribution is 2.27. The summed E-state index contributed by atoms with van der Waals surface area (Å²) in [5.41, 5.74) is 3.02. The van der Waals surface area contributed by atoms with Crippen LogP contribution >= 0.6 is 0 Å². The Hall–Kier alpha value is -3.28. The number of amides is 1. The molecule has 3 rings (SSSR count). The van der Waals surface area contributed by atoms with Gasteiger partial charge in [-0.25, -0.2) is 0 Å². The highest BCUT2D eigenvalue weighted by atomic mass is 16.5. The Balaban J connectivity index is 1.65. The Morgan fingerprint density at radius 1 is 1.04 bits per heavy atom. The molecule has 1 heterocycles. The molecule has 0 radical (unpaired) electrons. The second kappa shape index (κ2) is 7.95. The van der Waals surface area contributed by atoms with Gasteiger partial charge in [-0.2, -0.15) is 0 Å². The summed E-state index contributed by atoms with van der Waals surface area (Å²) in [5, 5.41) is 3.89. The van der Waals surface area contributed by atoms with Crippen LogP contribution in [0.3, 0.4) is 0 Å². The van der Waals surface area contributed by atoms with Crippen LogP contribution in [-0.4, -0.2) is 31.7 Å². The van der Waals surface area contributed by atoms with E-state index in [2.05, 4.69) is 10.3 Å². The maximum atomic E-state index is 12.3. The molecule has 0 aliphatic heterocycles. The number of carbonyl (C=O) groups is 1. The summed E-state index contributed by atoms with van der Waals surface area (Å²) < 4.78 is 10.4. The highest BCUT2D eigenvalue weighted by molar-refractivity contribution is 5.94. The van der Waals surface area contributed by atoms with Gasteiger partial charge in [-0.3, -0.25) is 9.59 Å². The fourth-order valence-electron chi connectivity index (χ4n) is 2.92. The molecule has 6 heteroatoms. The Bertz CT molecular complexity index is 1040. The van der Waals surface area contributed by atoms with Crippen LogP contribution in [0, 0.1) is 6.92 Å². The summed E-state index contributed by atoms with van der Waals surface area (Å²) in [4.78, 5) is 26.9. The molecule has 6 nitrogen and oxygen atoms in total. The molecule has 3 aromatic rings. The van der Waals surface area contributed by atoms with Gasteiger partial charge in [-0.1, -0.05) is 6.07 Å². The number of methoxy groups -OCH3 is 2. The molecule has 0 aliphatic carbocycles. The van der Waals surface area contributed by atoms with Crippen LogP contribution in [0.2, 0.25) is 0 Å². The third-order valence-electron chi connectivity index (χ3n) is 4.44. The number of hydrogen-bond donors (Lipinski definition) is 2. The van der Waals surface area contributed by atoms with Crippen molar-refractivity contribution in [3.05, 3.63) is 69.5 Å². The molecule has 27 heavy (non-hydrogen) atoms. The van der Waals surface area contributed by atoms with Crippen molar-refractivity contribution >= 4 is 16.8 Å². The SMILES string of the molecule is COc1ccc(C(=O)NCCc2ccc3[nH]c(=O)c(C)cc3c2)cc1OC. The van der Waals surface area contributed by atoms with Crippen LogP contribution < -0.4 is 20.3 Å². The molecule has 2 N–H and O–H groups in total. The summed E-state index contributed by atoms with van der Waals surface area (Å²) in [6.07, 6.45) is 0.688. The van der Waals surface area contributed by atoms with E-state index < -0.39 is 0 Å². The molecule has 0 saturated heterocycles. The second-order valence-electron chi connectivity index (χ2n) is 6.28. The highest BCUT2D eigenvalue weighted by Gasteiger charge is 2.10. The normalized spacial score (nSPS) is 10.6. The number of ether oxygens (including phenoxy) is 2. The number of carbonyl (C=O) groups excluding carboxylic acids is 1. The van der Waals surface area contributed by atoms with Gasteiger partial charge in [0.2, 0.25) is 0 Å². The van der Waals surface area contributed by atoms with Gasteiger partial charge in [0.15, 0.2) is 11.5 Å². The van der Waals surface area contributed by atoms with Gasteiger partial charge in [0.25, 0.3) is 11.5 Å². The Morgan fingerprint density at radius 2 is 1.81 bits per heavy atom. The average molecular weight is 366 g/mol. The van der Waals surface area contributed by atoms with E-state index in [9.17, 15) is 9.59 Å². The van der Waals surface area contributed by atoms with E-state index in [1.54, 1.807) is 32.2 Å². The molecule has 0 atom stereocenters. The minimum absolute atomic E-state index is 0.0718. The predicted octanol–water partition coefficient (Wildman–Crippen LogP) is 2.83. The Labute approximate surface area is 157 Å². The molecule has 1 amide bonds. The lowest BCUT2D eigenvalue weighted by Crippen LogP contribution is -2.25. The van der Waals surface area contributed by atoms with Gasteiger partial charge in [0.1, 0.15) is 0 Å². The maximum Gasteiger partial charge on any atom is 0.251 e. The number of H-pyrrole nitrogens is 1. The van der Waals surface area contributed by atoms with Gasteiger partial charge in [-0.15, -0.1) is 0 Å². The van der Waals surface area contributed by atoms with Gasteiger partial charge in [0.05, 0.1) is 14.2 Å². The first-order chi connectivity index (χ1) is 13.0. The molecule has 0 bridgehead atoms. The number of nitrogens with one attached hydrogen (secondary N) is 2. The van der Waals surface area contributed by atoms with Crippen molar-refractivity contribution in [1.82, 2.24) is 10.3 Å². The molecular weight excluding hydrogens is 344 g/mol. The predicted molar refractivity (Wildman–Crippen MR) is 105 cm³/mol. The standard InChI is InChI=1S/C21H22N2O4/c1-13-10-16-11-14(4-6-17(16)23-20(13)24)8-9-22-21(25)15-5-7-18(26-2)19(12-15)27-3/h4-7,10-12H,8-9H2,1-3H3,(H,22,25)(H,23,24). The summed E-state index contributed by atoms with van der Waals surface area (Å²) in [6, 6.07) is 12.8. The van der Waals surface area contributed by atoms with Crippen molar-refractivity contribution in [2.24, 2.45) is 0 Å². The number of rotatable bonds is 6. The monoisotopic (exact) mass is 366 g/mol. The zero-order valence-electron chi connectivity index (χ0n) is 15.6. The van der Waals surface area contributed by atoms with Crippen LogP contribution in [0.25, 0.3) is 10.9 Å².